The van der Waals surface area contributed by atoms with Crippen LogP contribution in [0.4, 0.5) is 0 Å². The zero-order valence-electron chi connectivity index (χ0n) is 38.3. The minimum absolute atomic E-state index is 0.0618. The molecule has 3 N–H and O–H groups in total. The summed E-state index contributed by atoms with van der Waals surface area (Å²) in [6, 6.07) is 3.72. The molecule has 13 atom stereocenters. The molecule has 10 nitrogen and oxygen atoms in total. The zero-order valence-corrected chi connectivity index (χ0v) is 38.3. The number of pyridine rings is 1. The minimum atomic E-state index is -0.817. The second kappa shape index (κ2) is 13.5. The number of ether oxygens (including phenoxy) is 1. The number of carbonyl (C=O) groups excluding carboxylic acids is 2. The van der Waals surface area contributed by atoms with Crippen LogP contribution in [0.2, 0.25) is 0 Å². The average molecular weight is 838 g/mol. The van der Waals surface area contributed by atoms with Crippen molar-refractivity contribution in [3.05, 3.63) is 36.5 Å². The zero-order chi connectivity index (χ0) is 43.3. The number of fused-ring (bicyclic) bond motifs is 7. The predicted octanol–water partition coefficient (Wildman–Crippen LogP) is 9.81. The lowest BCUT2D eigenvalue weighted by Gasteiger charge is -2.73. The highest BCUT2D eigenvalue weighted by Gasteiger charge is 2.74. The van der Waals surface area contributed by atoms with E-state index in [0.29, 0.717) is 47.3 Å². The second-order valence-corrected chi connectivity index (χ2v) is 24.2. The van der Waals surface area contributed by atoms with Crippen molar-refractivity contribution in [3.63, 3.8) is 0 Å². The van der Waals surface area contributed by atoms with Gasteiger partial charge < -0.3 is 19.7 Å². The van der Waals surface area contributed by atoms with Crippen LogP contribution in [-0.4, -0.2) is 55.7 Å². The van der Waals surface area contributed by atoms with Gasteiger partial charge in [0.25, 0.3) is 0 Å². The number of esters is 1. The third-order valence-corrected chi connectivity index (χ3v) is 21.4. The van der Waals surface area contributed by atoms with Gasteiger partial charge in [0, 0.05) is 22.8 Å². The van der Waals surface area contributed by atoms with E-state index in [1.165, 1.54) is 38.5 Å². The van der Waals surface area contributed by atoms with Crippen LogP contribution in [-0.2, 0) is 19.1 Å². The Kier molecular flexibility index (Phi) is 9.23. The summed E-state index contributed by atoms with van der Waals surface area (Å²) in [5.41, 5.74) is 1.36. The summed E-state index contributed by atoms with van der Waals surface area (Å²) in [6.45, 7) is 19.8. The van der Waals surface area contributed by atoms with E-state index in [2.05, 4.69) is 51.4 Å². The van der Waals surface area contributed by atoms with Crippen LogP contribution in [0.5, 0.6) is 0 Å². The van der Waals surface area contributed by atoms with Gasteiger partial charge in [0.15, 0.2) is 0 Å². The Bertz CT molecular complexity index is 2120. The predicted molar refractivity (Wildman–Crippen MR) is 229 cm³/mol. The first-order chi connectivity index (χ1) is 28.7. The molecular formula is C51H73N4O6+. The monoisotopic (exact) mass is 838 g/mol. The van der Waals surface area contributed by atoms with Gasteiger partial charge in [-0.05, 0) is 159 Å². The van der Waals surface area contributed by atoms with Gasteiger partial charge >= 0.3 is 11.9 Å². The number of nitrogens with zero attached hydrogens (tertiary/aromatic N) is 3. The standard InChI is InChI=1S/C51H72N4O6/c1-45(2)33(42(56)57)27-34(45)43(58)61-39-17-18-48(6)37(46(39,3)4)16-19-50(8)38(48)14-13-32-40-31(47(5)21-22-47)15-20-51(40,24-23-49(32,50)7)44(59)55-26-10-12-36(55)41-52-28-35(53-41)30-11-9-25-54(60)29-30/h9,11,25,28-29,31-34,36-40H,10,12-24,26-27H2,1-8H3,(H2-,52,53,56,57,60)/p+1/t31-,32-,33+,34-,36+,37+,38-,39+,40-,48+,49-,50-,51+/m1/s1. The average Bonchev–Trinajstić information content (AvgIpc) is 3.58. The first kappa shape index (κ1) is 41.6. The van der Waals surface area contributed by atoms with Crippen LogP contribution in [0.3, 0.4) is 0 Å². The molecule has 61 heavy (non-hydrogen) atoms. The van der Waals surface area contributed by atoms with Gasteiger partial charge in [-0.25, -0.2) is 4.98 Å². The summed E-state index contributed by atoms with van der Waals surface area (Å²) in [7, 11) is 0. The van der Waals surface area contributed by atoms with Gasteiger partial charge in [-0.15, -0.1) is 0 Å². The van der Waals surface area contributed by atoms with Crippen molar-refractivity contribution in [2.24, 2.45) is 79.3 Å². The Labute approximate surface area is 363 Å². The van der Waals surface area contributed by atoms with Gasteiger partial charge in [0.2, 0.25) is 18.3 Å². The first-order valence-corrected chi connectivity index (χ1v) is 24.2. The van der Waals surface area contributed by atoms with Crippen molar-refractivity contribution in [1.29, 1.82) is 0 Å². The fourth-order valence-corrected chi connectivity index (χ4v) is 17.3. The molecule has 1 aliphatic heterocycles. The summed E-state index contributed by atoms with van der Waals surface area (Å²) in [5.74, 6) is 1.88. The minimum Gasteiger partial charge on any atom is -0.481 e. The Morgan fingerprint density at radius 3 is 2.30 bits per heavy atom. The number of nitrogens with one attached hydrogen (secondary N) is 1. The molecule has 10 heteroatoms. The summed E-state index contributed by atoms with van der Waals surface area (Å²) >= 11 is 0. The van der Waals surface area contributed by atoms with E-state index in [-0.39, 0.29) is 51.1 Å². The number of hydrogen-bond acceptors (Lipinski definition) is 6. The highest BCUT2D eigenvalue weighted by atomic mass is 16.5. The van der Waals surface area contributed by atoms with Crippen LogP contribution in [0.15, 0.2) is 30.7 Å². The van der Waals surface area contributed by atoms with E-state index in [1.54, 1.807) is 12.4 Å². The lowest BCUT2D eigenvalue weighted by Crippen LogP contribution is -2.67. The number of H-pyrrole nitrogens is 1. The molecule has 0 unspecified atom stereocenters. The van der Waals surface area contributed by atoms with Gasteiger partial charge in [-0.1, -0.05) is 55.4 Å². The van der Waals surface area contributed by atoms with Crippen LogP contribution >= 0.6 is 0 Å². The number of aromatic amines is 1. The van der Waals surface area contributed by atoms with Gasteiger partial charge in [0.1, 0.15) is 11.9 Å². The Balaban J connectivity index is 0.914. The quantitative estimate of drug-likeness (QED) is 0.144. The number of rotatable bonds is 7. The highest BCUT2D eigenvalue weighted by Crippen LogP contribution is 2.79. The molecule has 2 aromatic rings. The topological polar surface area (TPSA) is 137 Å². The summed E-state index contributed by atoms with van der Waals surface area (Å²) in [5, 5.41) is 19.8. The van der Waals surface area contributed by atoms with E-state index < -0.39 is 17.3 Å². The molecule has 2 aromatic heterocycles. The van der Waals surface area contributed by atoms with E-state index in [9.17, 15) is 19.9 Å². The van der Waals surface area contributed by atoms with Gasteiger partial charge in [0.05, 0.1) is 40.7 Å². The summed E-state index contributed by atoms with van der Waals surface area (Å²) in [4.78, 5) is 52.0. The third kappa shape index (κ3) is 5.72. The summed E-state index contributed by atoms with van der Waals surface area (Å²) < 4.78 is 7.55. The number of likely N-dealkylation sites (tertiary alicyclic amines) is 1. The molecule has 7 saturated carbocycles. The fourth-order valence-electron chi connectivity index (χ4n) is 17.3. The largest absolute Gasteiger partial charge is 0.481 e. The molecule has 8 fully saturated rings. The molecule has 0 bridgehead atoms. The second-order valence-electron chi connectivity index (χ2n) is 24.2. The Morgan fingerprint density at radius 2 is 1.59 bits per heavy atom. The normalized spacial score (nSPS) is 43.8. The van der Waals surface area contributed by atoms with Crippen molar-refractivity contribution in [2.45, 2.75) is 164 Å². The van der Waals surface area contributed by atoms with E-state index >= 15 is 4.79 Å². The SMILES string of the molecule is CC1([C@@H]2CC[C@]3(C(=O)N4CCC[C@H]4c4ncc(-c5ccc[n+](O)c5)[nH]4)CC[C@]4(C)[C@H](CC[C@@H]5[C@@]6(C)CC[C@H](OC(=O)[C@H]7C[C@@H](C(=O)O)C7(C)C)C(C)(C)[C@@H]6CC[C@]54C)[C@@H]23)CC1. The van der Waals surface area contributed by atoms with Crippen molar-refractivity contribution >= 4 is 17.8 Å². The lowest BCUT2D eigenvalue weighted by atomic mass is 9.32. The maximum atomic E-state index is 15.7. The number of carbonyl (C=O) groups is 3. The molecule has 1 saturated heterocycles. The first-order valence-electron chi connectivity index (χ1n) is 24.2. The van der Waals surface area contributed by atoms with Crippen LogP contribution in [0.25, 0.3) is 11.3 Å². The lowest BCUT2D eigenvalue weighted by molar-refractivity contribution is -0.904. The number of carboxylic acids is 1. The van der Waals surface area contributed by atoms with Crippen LogP contribution in [0, 0.1) is 79.3 Å². The van der Waals surface area contributed by atoms with Crippen LogP contribution < -0.4 is 4.73 Å². The van der Waals surface area contributed by atoms with Crippen molar-refractivity contribution in [3.8, 4) is 11.3 Å². The maximum absolute atomic E-state index is 15.7. The van der Waals surface area contributed by atoms with Crippen molar-refractivity contribution in [2.75, 3.05) is 6.54 Å². The molecular weight excluding hydrogens is 765 g/mol. The smallest absolute Gasteiger partial charge is 0.309 e. The number of imidazole rings is 1. The molecule has 3 heterocycles. The molecule has 0 aromatic carbocycles. The highest BCUT2D eigenvalue weighted by molar-refractivity contribution is 5.85. The molecule has 8 aliphatic rings. The van der Waals surface area contributed by atoms with Gasteiger partial charge in [-0.3, -0.25) is 19.6 Å². The number of aromatic nitrogens is 3. The van der Waals surface area contributed by atoms with E-state index in [1.807, 2.05) is 32.2 Å². The molecule has 0 spiro atoms. The number of carboxylic acid groups (broad SMARTS) is 1. The summed E-state index contributed by atoms with van der Waals surface area (Å²) in [6.07, 6.45) is 20.7. The molecule has 332 valence electrons. The maximum Gasteiger partial charge on any atom is 0.309 e. The molecule has 10 rings (SSSR count). The third-order valence-electron chi connectivity index (χ3n) is 21.4. The Morgan fingerprint density at radius 1 is 0.820 bits per heavy atom. The number of amides is 1. The number of hydrogen-bond donors (Lipinski definition) is 3. The van der Waals surface area contributed by atoms with Crippen LogP contribution in [0.1, 0.15) is 164 Å². The fraction of sp³-hybridized carbons (Fsp3) is 0.784. The van der Waals surface area contributed by atoms with E-state index in [4.69, 9.17) is 9.72 Å². The molecule has 7 aliphatic carbocycles. The molecule has 1 amide bonds. The van der Waals surface area contributed by atoms with Crippen molar-refractivity contribution in [1.82, 2.24) is 14.9 Å². The van der Waals surface area contributed by atoms with Crippen molar-refractivity contribution < 1.29 is 34.2 Å². The number of aliphatic carboxylic acids is 1. The molecule has 0 radical (unpaired) electrons. The Hall–Kier alpha value is -3.43. The van der Waals surface area contributed by atoms with E-state index in [0.717, 1.165) is 79.7 Å². The van der Waals surface area contributed by atoms with Gasteiger partial charge in [-0.2, -0.15) is 0 Å².